The molecule has 1 aromatic carbocycles. The fourth-order valence-electron chi connectivity index (χ4n) is 2.12. The Bertz CT molecular complexity index is 588. The second-order valence-corrected chi connectivity index (χ2v) is 6.01. The first-order valence-electron chi connectivity index (χ1n) is 6.20. The van der Waals surface area contributed by atoms with Crippen LogP contribution in [-0.2, 0) is 16.1 Å². The highest BCUT2D eigenvalue weighted by Crippen LogP contribution is 2.22. The number of benzene rings is 1. The van der Waals surface area contributed by atoms with Crippen molar-refractivity contribution in [1.82, 2.24) is 10.2 Å². The molecule has 7 heteroatoms. The summed E-state index contributed by atoms with van der Waals surface area (Å²) in [6, 6.07) is 6.38. The van der Waals surface area contributed by atoms with Gasteiger partial charge in [0.15, 0.2) is 11.2 Å². The van der Waals surface area contributed by atoms with Gasteiger partial charge in [0.1, 0.15) is 0 Å². The van der Waals surface area contributed by atoms with E-state index in [1.54, 1.807) is 17.0 Å². The van der Waals surface area contributed by atoms with Crippen LogP contribution in [0, 0.1) is 0 Å². The Morgan fingerprint density at radius 1 is 1.35 bits per heavy atom. The van der Waals surface area contributed by atoms with Crippen molar-refractivity contribution in [1.29, 1.82) is 0 Å². The summed E-state index contributed by atoms with van der Waals surface area (Å²) in [6.07, 6.45) is 0. The van der Waals surface area contributed by atoms with Crippen LogP contribution in [0.25, 0.3) is 0 Å². The van der Waals surface area contributed by atoms with E-state index >= 15 is 0 Å². The van der Waals surface area contributed by atoms with Gasteiger partial charge in [-0.3, -0.25) is 19.8 Å². The number of halogens is 1. The Kier molecular flexibility index (Phi) is 3.78. The molecule has 5 nitrogen and oxygen atoms in total. The molecule has 2 amide bonds. The summed E-state index contributed by atoms with van der Waals surface area (Å²) in [5, 5.41) is 4.16. The third kappa shape index (κ3) is 2.59. The minimum atomic E-state index is -0.881. The molecular formula is C13H12ClN3O2S. The van der Waals surface area contributed by atoms with E-state index in [1.807, 2.05) is 12.1 Å². The van der Waals surface area contributed by atoms with Crippen molar-refractivity contribution in [2.45, 2.75) is 12.6 Å². The number of amidine groups is 1. The molecule has 2 aliphatic rings. The molecule has 0 spiro atoms. The predicted molar refractivity (Wildman–Crippen MR) is 78.7 cm³/mol. The Balaban J connectivity index is 1.70. The van der Waals surface area contributed by atoms with Gasteiger partial charge in [0.05, 0.1) is 0 Å². The van der Waals surface area contributed by atoms with Gasteiger partial charge < -0.3 is 0 Å². The first-order chi connectivity index (χ1) is 9.65. The lowest BCUT2D eigenvalue weighted by Crippen LogP contribution is -2.54. The number of thioether (sulfide) groups is 1. The maximum atomic E-state index is 12.2. The number of rotatable bonds is 3. The second kappa shape index (κ2) is 5.55. The lowest BCUT2D eigenvalue weighted by Gasteiger charge is -2.25. The van der Waals surface area contributed by atoms with Crippen molar-refractivity contribution in [3.63, 3.8) is 0 Å². The van der Waals surface area contributed by atoms with Gasteiger partial charge in [-0.25, -0.2) is 0 Å². The summed E-state index contributed by atoms with van der Waals surface area (Å²) in [6.45, 7) is 1.04. The van der Waals surface area contributed by atoms with Crippen molar-refractivity contribution in [2.75, 3.05) is 12.3 Å². The van der Waals surface area contributed by atoms with Gasteiger partial charge in [0.25, 0.3) is 11.8 Å². The van der Waals surface area contributed by atoms with Gasteiger partial charge >= 0.3 is 0 Å². The van der Waals surface area contributed by atoms with Gasteiger partial charge in [-0.2, -0.15) is 4.99 Å². The molecule has 1 fully saturated rings. The molecule has 0 saturated carbocycles. The first kappa shape index (κ1) is 13.6. The molecule has 3 rings (SSSR count). The normalized spacial score (nSPS) is 21.9. The van der Waals surface area contributed by atoms with E-state index in [-0.39, 0.29) is 5.91 Å². The summed E-state index contributed by atoms with van der Waals surface area (Å²) < 4.78 is 0. The Hall–Kier alpha value is -1.37. The molecule has 20 heavy (non-hydrogen) atoms. The fourth-order valence-corrected chi connectivity index (χ4v) is 3.19. The number of carbonyl (C=O) groups excluding carboxylic acids is 2. The molecule has 2 aliphatic heterocycles. The van der Waals surface area contributed by atoms with E-state index in [9.17, 15) is 9.59 Å². The zero-order valence-electron chi connectivity index (χ0n) is 10.5. The zero-order valence-corrected chi connectivity index (χ0v) is 12.1. The van der Waals surface area contributed by atoms with Crippen LogP contribution in [0.1, 0.15) is 5.56 Å². The van der Waals surface area contributed by atoms with Gasteiger partial charge in [0.2, 0.25) is 0 Å². The Morgan fingerprint density at radius 2 is 2.10 bits per heavy atom. The fraction of sp³-hybridized carbons (Fsp3) is 0.308. The van der Waals surface area contributed by atoms with Crippen molar-refractivity contribution < 1.29 is 9.59 Å². The monoisotopic (exact) mass is 309 g/mol. The highest BCUT2D eigenvalue weighted by atomic mass is 35.5. The van der Waals surface area contributed by atoms with E-state index in [1.165, 1.54) is 11.8 Å². The van der Waals surface area contributed by atoms with E-state index in [4.69, 9.17) is 11.6 Å². The van der Waals surface area contributed by atoms with Crippen LogP contribution >= 0.6 is 23.4 Å². The molecule has 1 aromatic rings. The molecule has 2 heterocycles. The minimum Gasteiger partial charge on any atom is -0.294 e. The van der Waals surface area contributed by atoms with E-state index in [0.29, 0.717) is 23.3 Å². The van der Waals surface area contributed by atoms with Crippen LogP contribution in [0.3, 0.4) is 0 Å². The number of carbonyl (C=O) groups is 2. The molecule has 0 radical (unpaired) electrons. The number of fused-ring (bicyclic) bond motifs is 1. The molecular weight excluding hydrogens is 298 g/mol. The summed E-state index contributed by atoms with van der Waals surface area (Å²) in [7, 11) is 0. The third-order valence-electron chi connectivity index (χ3n) is 3.17. The lowest BCUT2D eigenvalue weighted by atomic mass is 10.1. The van der Waals surface area contributed by atoms with Gasteiger partial charge in [0, 0.05) is 23.9 Å². The summed E-state index contributed by atoms with van der Waals surface area (Å²) >= 11 is 7.26. The van der Waals surface area contributed by atoms with Crippen LogP contribution in [0.4, 0.5) is 0 Å². The third-order valence-corrected chi connectivity index (χ3v) is 4.37. The van der Waals surface area contributed by atoms with Crippen molar-refractivity contribution in [3.05, 3.63) is 34.9 Å². The number of nitrogens with one attached hydrogen (secondary N) is 1. The largest absolute Gasteiger partial charge is 0.294 e. The van der Waals surface area contributed by atoms with Gasteiger partial charge in [-0.15, -0.1) is 0 Å². The Morgan fingerprint density at radius 3 is 2.85 bits per heavy atom. The second-order valence-electron chi connectivity index (χ2n) is 4.51. The van der Waals surface area contributed by atoms with Crippen molar-refractivity contribution in [2.24, 2.45) is 4.99 Å². The molecule has 0 aliphatic carbocycles. The highest BCUT2D eigenvalue weighted by Gasteiger charge is 2.39. The highest BCUT2D eigenvalue weighted by molar-refractivity contribution is 8.14. The first-order valence-corrected chi connectivity index (χ1v) is 7.56. The molecule has 104 valence electrons. The van der Waals surface area contributed by atoms with Crippen LogP contribution in [0.2, 0.25) is 5.02 Å². The lowest BCUT2D eigenvalue weighted by molar-refractivity contribution is -0.136. The van der Waals surface area contributed by atoms with E-state index in [0.717, 1.165) is 11.3 Å². The average Bonchev–Trinajstić information content (AvgIpc) is 2.89. The zero-order chi connectivity index (χ0) is 14.1. The summed E-state index contributed by atoms with van der Waals surface area (Å²) in [4.78, 5) is 29.7. The smallest absolute Gasteiger partial charge is 0.274 e. The maximum Gasteiger partial charge on any atom is 0.274 e. The van der Waals surface area contributed by atoms with Gasteiger partial charge in [-0.1, -0.05) is 35.5 Å². The number of amides is 2. The quantitative estimate of drug-likeness (QED) is 0.854. The van der Waals surface area contributed by atoms with Crippen LogP contribution in [-0.4, -0.2) is 40.2 Å². The average molecular weight is 310 g/mol. The SMILES string of the molecule is O=C1N=C2SCCN2C(=O)C1NCc1ccc(Cl)cc1. The number of nitrogens with zero attached hydrogens (tertiary/aromatic N) is 2. The summed E-state index contributed by atoms with van der Waals surface area (Å²) in [5.41, 5.74) is 0.959. The molecule has 0 bridgehead atoms. The Labute approximate surface area is 125 Å². The van der Waals surface area contributed by atoms with Crippen molar-refractivity contribution in [3.8, 4) is 0 Å². The van der Waals surface area contributed by atoms with Crippen LogP contribution in [0.15, 0.2) is 29.3 Å². The minimum absolute atomic E-state index is 0.209. The maximum absolute atomic E-state index is 12.2. The topological polar surface area (TPSA) is 61.8 Å². The van der Waals surface area contributed by atoms with Crippen LogP contribution in [0.5, 0.6) is 0 Å². The molecule has 0 aromatic heterocycles. The molecule has 1 atom stereocenters. The van der Waals surface area contributed by atoms with E-state index < -0.39 is 11.9 Å². The molecule has 1 saturated heterocycles. The summed E-state index contributed by atoms with van der Waals surface area (Å²) in [5.74, 6) is 0.172. The molecule has 1 unspecified atom stereocenters. The van der Waals surface area contributed by atoms with Crippen LogP contribution < -0.4 is 5.32 Å². The number of aliphatic imine (C=N–C) groups is 1. The standard InChI is InChI=1S/C13H12ClN3O2S/c14-9-3-1-8(2-4-9)7-15-10-11(18)16-13-17(12(10)19)5-6-20-13/h1-4,10,15H,5-7H2. The predicted octanol–water partition coefficient (Wildman–Crippen LogP) is 1.27. The van der Waals surface area contributed by atoms with E-state index in [2.05, 4.69) is 10.3 Å². The molecule has 1 N–H and O–H groups in total. The van der Waals surface area contributed by atoms with Crippen molar-refractivity contribution >= 4 is 40.3 Å². The van der Waals surface area contributed by atoms with Gasteiger partial charge in [-0.05, 0) is 17.7 Å². The number of hydrogen-bond acceptors (Lipinski definition) is 4. The number of hydrogen-bond donors (Lipinski definition) is 1.